The molecule has 2 aromatic carbocycles. The lowest BCUT2D eigenvalue weighted by Crippen LogP contribution is -2.52. The van der Waals surface area contributed by atoms with Gasteiger partial charge in [0.25, 0.3) is 17.6 Å². The van der Waals surface area contributed by atoms with Crippen molar-refractivity contribution in [1.82, 2.24) is 14.1 Å². The molecule has 43 heavy (non-hydrogen) atoms. The lowest BCUT2D eigenvalue weighted by molar-refractivity contribution is -0.143. The van der Waals surface area contributed by atoms with Crippen molar-refractivity contribution in [2.24, 2.45) is 0 Å². The number of aliphatic hydroxyl groups excluding tert-OH is 1. The topological polar surface area (TPSA) is 128 Å². The highest BCUT2D eigenvalue weighted by molar-refractivity contribution is 7.89. The maximum Gasteiger partial charge on any atom is 0.296 e. The van der Waals surface area contributed by atoms with E-state index in [0.29, 0.717) is 50.4 Å². The molecule has 0 aromatic heterocycles. The summed E-state index contributed by atoms with van der Waals surface area (Å²) in [5.74, 6) is -2.79. The Bertz CT molecular complexity index is 1550. The number of sulfonamides is 1. The monoisotopic (exact) mass is 610 g/mol. The standard InChI is InChI=1S/C31H38N4O7S/c1-4-5-16-34-25-10-7-6-9-24(25)31(30(34)39)26(28(37)29(38)35(31)17-8-15-32(2)3)27(36)22-11-13-23(14-12-22)43(40,41)33-18-20-42-21-19-33/h6-7,9-14,36H,4-5,8,15-21H2,1-3H3/b27-26+. The van der Waals surface area contributed by atoms with Crippen LogP contribution in [0.2, 0.25) is 0 Å². The molecule has 2 fully saturated rings. The van der Waals surface area contributed by atoms with Gasteiger partial charge in [-0.15, -0.1) is 0 Å². The van der Waals surface area contributed by atoms with E-state index in [2.05, 4.69) is 0 Å². The first-order valence-electron chi connectivity index (χ1n) is 14.6. The van der Waals surface area contributed by atoms with Crippen molar-refractivity contribution in [1.29, 1.82) is 0 Å². The van der Waals surface area contributed by atoms with Crippen molar-refractivity contribution in [2.75, 3.05) is 64.9 Å². The van der Waals surface area contributed by atoms with E-state index >= 15 is 0 Å². The van der Waals surface area contributed by atoms with Gasteiger partial charge in [-0.25, -0.2) is 8.42 Å². The summed E-state index contributed by atoms with van der Waals surface area (Å²) in [6.45, 7) is 4.22. The molecule has 12 heteroatoms. The van der Waals surface area contributed by atoms with E-state index in [4.69, 9.17) is 4.74 Å². The molecular weight excluding hydrogens is 572 g/mol. The molecule has 1 spiro atoms. The highest BCUT2D eigenvalue weighted by Crippen LogP contribution is 2.53. The van der Waals surface area contributed by atoms with Crippen LogP contribution in [0.5, 0.6) is 0 Å². The van der Waals surface area contributed by atoms with Gasteiger partial charge >= 0.3 is 0 Å². The van der Waals surface area contributed by atoms with E-state index in [-0.39, 0.29) is 35.7 Å². The summed E-state index contributed by atoms with van der Waals surface area (Å²) >= 11 is 0. The van der Waals surface area contributed by atoms with Gasteiger partial charge in [0.05, 0.1) is 29.4 Å². The van der Waals surface area contributed by atoms with Crippen LogP contribution in [-0.4, -0.2) is 105 Å². The smallest absolute Gasteiger partial charge is 0.296 e. The SMILES string of the molecule is CCCCN1C(=O)C2(/C(=C(/O)c3ccc(S(=O)(=O)N4CCOCC4)cc3)C(=O)C(=O)N2CCCN(C)C)c2ccccc21. The Balaban J connectivity index is 1.64. The number of para-hydroxylation sites is 1. The summed E-state index contributed by atoms with van der Waals surface area (Å²) < 4.78 is 32.9. The normalized spacial score (nSPS) is 22.3. The lowest BCUT2D eigenvalue weighted by Gasteiger charge is -2.35. The Morgan fingerprint density at radius 3 is 2.30 bits per heavy atom. The van der Waals surface area contributed by atoms with Crippen LogP contribution < -0.4 is 4.90 Å². The zero-order valence-corrected chi connectivity index (χ0v) is 25.6. The summed E-state index contributed by atoms with van der Waals surface area (Å²) in [4.78, 5) is 46.9. The second-order valence-corrected chi connectivity index (χ2v) is 13.2. The second-order valence-electron chi connectivity index (χ2n) is 11.2. The van der Waals surface area contributed by atoms with Gasteiger partial charge in [-0.3, -0.25) is 14.4 Å². The Labute approximate surface area is 252 Å². The van der Waals surface area contributed by atoms with Crippen LogP contribution in [0, 0.1) is 0 Å². The van der Waals surface area contributed by atoms with Crippen molar-refractivity contribution in [3.05, 3.63) is 65.2 Å². The third-order valence-corrected chi connectivity index (χ3v) is 10.2. The summed E-state index contributed by atoms with van der Waals surface area (Å²) in [5.41, 5.74) is -0.953. The maximum atomic E-state index is 14.5. The molecule has 0 aliphatic carbocycles. The van der Waals surface area contributed by atoms with Crippen LogP contribution in [0.1, 0.15) is 37.3 Å². The third kappa shape index (κ3) is 5.16. The molecule has 2 aromatic rings. The largest absolute Gasteiger partial charge is 0.507 e. The van der Waals surface area contributed by atoms with Crippen LogP contribution >= 0.6 is 0 Å². The predicted molar refractivity (Wildman–Crippen MR) is 161 cm³/mol. The van der Waals surface area contributed by atoms with E-state index in [1.54, 1.807) is 29.2 Å². The quantitative estimate of drug-likeness (QED) is 0.247. The van der Waals surface area contributed by atoms with Crippen LogP contribution in [0.25, 0.3) is 5.76 Å². The first kappa shape index (κ1) is 30.9. The third-order valence-electron chi connectivity index (χ3n) is 8.27. The average Bonchev–Trinajstić information content (AvgIpc) is 3.38. The molecule has 2 amide bonds. The van der Waals surface area contributed by atoms with Crippen LogP contribution in [0.15, 0.2) is 59.0 Å². The average molecular weight is 611 g/mol. The number of carbonyl (C=O) groups is 3. The molecule has 3 aliphatic heterocycles. The fraction of sp³-hybridized carbons (Fsp3) is 0.452. The number of aliphatic hydroxyl groups is 1. The highest BCUT2D eigenvalue weighted by atomic mass is 32.2. The number of amides is 2. The molecular formula is C31H38N4O7S. The van der Waals surface area contributed by atoms with Crippen LogP contribution in [0.3, 0.4) is 0 Å². The number of rotatable bonds is 10. The molecule has 0 radical (unpaired) electrons. The summed E-state index contributed by atoms with van der Waals surface area (Å²) in [6.07, 6.45) is 2.04. The van der Waals surface area contributed by atoms with Gasteiger partial charge in [-0.2, -0.15) is 4.31 Å². The number of benzene rings is 2. The summed E-state index contributed by atoms with van der Waals surface area (Å²) in [5, 5.41) is 11.7. The zero-order valence-electron chi connectivity index (χ0n) is 24.8. The molecule has 1 unspecified atom stereocenters. The minimum atomic E-state index is -3.79. The van der Waals surface area contributed by atoms with Gasteiger partial charge in [-0.05, 0) is 63.8 Å². The lowest BCUT2D eigenvalue weighted by atomic mass is 9.82. The molecule has 3 heterocycles. The van der Waals surface area contributed by atoms with E-state index in [0.717, 1.165) is 6.42 Å². The van der Waals surface area contributed by atoms with E-state index in [1.807, 2.05) is 25.9 Å². The van der Waals surface area contributed by atoms with Crippen LogP contribution in [0.4, 0.5) is 5.69 Å². The summed E-state index contributed by atoms with van der Waals surface area (Å²) in [7, 11) is 0.00154. The second kappa shape index (κ2) is 12.2. The Kier molecular flexibility index (Phi) is 8.75. The molecule has 3 aliphatic rings. The zero-order chi connectivity index (χ0) is 30.9. The number of anilines is 1. The molecule has 11 nitrogen and oxygen atoms in total. The van der Waals surface area contributed by atoms with Gasteiger partial charge < -0.3 is 24.5 Å². The number of morpholine rings is 1. The van der Waals surface area contributed by atoms with Crippen molar-refractivity contribution in [3.63, 3.8) is 0 Å². The number of Topliss-reactive ketones (excluding diaryl/α,β-unsaturated/α-hetero) is 1. The number of carbonyl (C=O) groups excluding carboxylic acids is 3. The minimum absolute atomic E-state index is 0.0258. The molecule has 1 atom stereocenters. The molecule has 2 saturated heterocycles. The first-order valence-corrected chi connectivity index (χ1v) is 16.0. The first-order chi connectivity index (χ1) is 20.6. The number of hydrogen-bond donors (Lipinski definition) is 1. The van der Waals surface area contributed by atoms with Crippen molar-refractivity contribution in [2.45, 2.75) is 36.6 Å². The molecule has 0 saturated carbocycles. The number of unbranched alkanes of at least 4 members (excludes halogenated alkanes) is 1. The number of likely N-dealkylation sites (tertiary alicyclic amines) is 1. The molecule has 230 valence electrons. The number of hydrogen-bond acceptors (Lipinski definition) is 8. The molecule has 1 N–H and O–H groups in total. The van der Waals surface area contributed by atoms with Crippen molar-refractivity contribution >= 4 is 39.1 Å². The Morgan fingerprint density at radius 1 is 0.977 bits per heavy atom. The fourth-order valence-electron chi connectivity index (χ4n) is 6.11. The van der Waals surface area contributed by atoms with E-state index in [1.165, 1.54) is 33.5 Å². The fourth-order valence-corrected chi connectivity index (χ4v) is 7.52. The minimum Gasteiger partial charge on any atom is -0.507 e. The number of nitrogens with zero attached hydrogens (tertiary/aromatic N) is 4. The van der Waals surface area contributed by atoms with E-state index in [9.17, 15) is 27.9 Å². The number of ketones is 1. The summed E-state index contributed by atoms with van der Waals surface area (Å²) in [6, 6.07) is 12.6. The predicted octanol–water partition coefficient (Wildman–Crippen LogP) is 2.38. The number of fused-ring (bicyclic) bond motifs is 2. The highest BCUT2D eigenvalue weighted by Gasteiger charge is 2.66. The van der Waals surface area contributed by atoms with Gasteiger partial charge in [0.2, 0.25) is 10.0 Å². The maximum absolute atomic E-state index is 14.5. The van der Waals surface area contributed by atoms with Gasteiger partial charge in [-0.1, -0.05) is 31.5 Å². The van der Waals surface area contributed by atoms with Crippen LogP contribution in [-0.2, 0) is 34.7 Å². The molecule has 0 bridgehead atoms. The van der Waals surface area contributed by atoms with Crippen molar-refractivity contribution < 1.29 is 32.6 Å². The Morgan fingerprint density at radius 2 is 1.65 bits per heavy atom. The van der Waals surface area contributed by atoms with Crippen molar-refractivity contribution in [3.8, 4) is 0 Å². The van der Waals surface area contributed by atoms with E-state index < -0.39 is 38.9 Å². The molecule has 5 rings (SSSR count). The van der Waals surface area contributed by atoms with Gasteiger partial charge in [0.15, 0.2) is 5.54 Å². The Hall–Kier alpha value is -3.58. The van der Waals surface area contributed by atoms with Gasteiger partial charge in [0.1, 0.15) is 5.76 Å². The van der Waals surface area contributed by atoms with Gasteiger partial charge in [0, 0.05) is 37.3 Å². The number of ether oxygens (including phenoxy) is 1.